The molecule has 6 nitrogen and oxygen atoms in total. The minimum absolute atomic E-state index is 0.141. The van der Waals surface area contributed by atoms with Gasteiger partial charge in [0, 0.05) is 0 Å². The van der Waals surface area contributed by atoms with Gasteiger partial charge in [-0.2, -0.15) is 0 Å². The summed E-state index contributed by atoms with van der Waals surface area (Å²) in [5.41, 5.74) is 1.68. The van der Waals surface area contributed by atoms with E-state index in [1.165, 1.54) is 6.07 Å². The fraction of sp³-hybridized carbons (Fsp3) is 0.294. The highest BCUT2D eigenvalue weighted by Gasteiger charge is 2.34. The van der Waals surface area contributed by atoms with Crippen LogP contribution in [-0.2, 0) is 11.3 Å². The number of carboxylic acid groups (broad SMARTS) is 1. The second-order valence-corrected chi connectivity index (χ2v) is 5.48. The summed E-state index contributed by atoms with van der Waals surface area (Å²) in [7, 11) is 0. The lowest BCUT2D eigenvalue weighted by molar-refractivity contribution is -0.126. The number of fused-ring (bicyclic) bond motifs is 1. The Kier molecular flexibility index (Phi) is 3.82. The predicted octanol–water partition coefficient (Wildman–Crippen LogP) is 2.99. The van der Waals surface area contributed by atoms with Gasteiger partial charge in [-0.15, -0.1) is 0 Å². The number of nitrogens with zero attached hydrogens (tertiary/aromatic N) is 1. The Labute approximate surface area is 133 Å². The number of hydrogen-bond acceptors (Lipinski definition) is 4. The highest BCUT2D eigenvalue weighted by molar-refractivity contribution is 6.00. The number of hydrogen-bond donors (Lipinski definition) is 1. The minimum Gasteiger partial charge on any atom is -0.478 e. The average molecular weight is 315 g/mol. The van der Waals surface area contributed by atoms with E-state index in [2.05, 4.69) is 0 Å². The Morgan fingerprint density at radius 2 is 2.09 bits per heavy atom. The van der Waals surface area contributed by atoms with Crippen molar-refractivity contribution in [1.29, 1.82) is 0 Å². The molecule has 1 unspecified atom stereocenters. The van der Waals surface area contributed by atoms with Gasteiger partial charge in [-0.25, -0.2) is 4.79 Å². The maximum absolute atomic E-state index is 12.6. The molecule has 0 aliphatic carbocycles. The van der Waals surface area contributed by atoms with E-state index >= 15 is 0 Å². The molecule has 1 N–H and O–H groups in total. The van der Waals surface area contributed by atoms with Crippen molar-refractivity contribution in [3.05, 3.63) is 47.4 Å². The fourth-order valence-electron chi connectivity index (χ4n) is 2.59. The molecule has 2 heterocycles. The Bertz CT molecular complexity index is 764. The van der Waals surface area contributed by atoms with Gasteiger partial charge in [0.2, 0.25) is 5.76 Å². The number of carbonyl (C=O) groups excluding carboxylic acids is 1. The van der Waals surface area contributed by atoms with E-state index in [-0.39, 0.29) is 18.2 Å². The van der Waals surface area contributed by atoms with Crippen molar-refractivity contribution >= 4 is 17.6 Å². The van der Waals surface area contributed by atoms with Crippen LogP contribution in [0.2, 0.25) is 0 Å². The van der Waals surface area contributed by atoms with E-state index in [0.29, 0.717) is 23.6 Å². The maximum atomic E-state index is 12.6. The Balaban J connectivity index is 1.96. The van der Waals surface area contributed by atoms with Crippen molar-refractivity contribution in [2.24, 2.45) is 0 Å². The molecule has 1 aromatic carbocycles. The summed E-state index contributed by atoms with van der Waals surface area (Å²) in [4.78, 5) is 25.1. The van der Waals surface area contributed by atoms with E-state index in [9.17, 15) is 9.59 Å². The maximum Gasteiger partial charge on any atom is 0.371 e. The zero-order valence-electron chi connectivity index (χ0n) is 12.9. The number of benzene rings is 1. The van der Waals surface area contributed by atoms with Crippen LogP contribution in [0.15, 0.2) is 34.7 Å². The van der Waals surface area contributed by atoms with Crippen molar-refractivity contribution in [3.63, 3.8) is 0 Å². The number of furan rings is 1. The first-order valence-corrected chi connectivity index (χ1v) is 7.40. The molecule has 1 aliphatic heterocycles. The smallest absolute Gasteiger partial charge is 0.371 e. The lowest BCUT2D eigenvalue weighted by atomic mass is 10.1. The zero-order valence-corrected chi connectivity index (χ0v) is 12.9. The van der Waals surface area contributed by atoms with E-state index < -0.39 is 12.1 Å². The summed E-state index contributed by atoms with van der Waals surface area (Å²) in [6.07, 6.45) is 0.0142. The molecule has 1 aromatic heterocycles. The third-order valence-electron chi connectivity index (χ3n) is 3.77. The number of carbonyl (C=O) groups is 2. The molecule has 1 aliphatic rings. The first kappa shape index (κ1) is 15.1. The molecule has 2 aromatic rings. The van der Waals surface area contributed by atoms with Crippen LogP contribution >= 0.6 is 0 Å². The molecular formula is C17H17NO5. The Morgan fingerprint density at radius 3 is 2.74 bits per heavy atom. The second kappa shape index (κ2) is 5.79. The molecule has 0 spiro atoms. The lowest BCUT2D eigenvalue weighted by Gasteiger charge is -2.33. The van der Waals surface area contributed by atoms with Crippen molar-refractivity contribution in [2.45, 2.75) is 32.9 Å². The highest BCUT2D eigenvalue weighted by atomic mass is 16.5. The van der Waals surface area contributed by atoms with Gasteiger partial charge < -0.3 is 14.3 Å². The van der Waals surface area contributed by atoms with E-state index in [1.807, 2.05) is 32.0 Å². The molecule has 0 bridgehead atoms. The van der Waals surface area contributed by atoms with E-state index in [1.54, 1.807) is 11.0 Å². The third-order valence-corrected chi connectivity index (χ3v) is 3.77. The summed E-state index contributed by atoms with van der Waals surface area (Å²) in [5, 5.41) is 8.94. The summed E-state index contributed by atoms with van der Waals surface area (Å²) >= 11 is 0. The number of anilines is 1. The molecule has 0 saturated heterocycles. The number of amides is 1. The van der Waals surface area contributed by atoms with Gasteiger partial charge >= 0.3 is 5.97 Å². The first-order valence-electron chi connectivity index (χ1n) is 7.40. The van der Waals surface area contributed by atoms with E-state index in [0.717, 1.165) is 5.56 Å². The molecule has 0 radical (unpaired) electrons. The monoisotopic (exact) mass is 315 g/mol. The molecule has 23 heavy (non-hydrogen) atoms. The van der Waals surface area contributed by atoms with Gasteiger partial charge in [0.15, 0.2) is 6.10 Å². The summed E-state index contributed by atoms with van der Waals surface area (Å²) < 4.78 is 11.0. The Morgan fingerprint density at radius 1 is 1.30 bits per heavy atom. The van der Waals surface area contributed by atoms with Crippen LogP contribution in [0, 0.1) is 6.92 Å². The minimum atomic E-state index is -1.13. The van der Waals surface area contributed by atoms with Gasteiger partial charge in [0.05, 0.1) is 12.2 Å². The number of ether oxygens (including phenoxy) is 1. The molecule has 6 heteroatoms. The predicted molar refractivity (Wildman–Crippen MR) is 82.7 cm³/mol. The molecule has 0 fully saturated rings. The molecule has 1 amide bonds. The van der Waals surface area contributed by atoms with Crippen LogP contribution in [0.5, 0.6) is 5.75 Å². The topological polar surface area (TPSA) is 80.0 Å². The van der Waals surface area contributed by atoms with Gasteiger partial charge in [-0.05, 0) is 43.2 Å². The van der Waals surface area contributed by atoms with Crippen LogP contribution in [0.1, 0.15) is 35.2 Å². The summed E-state index contributed by atoms with van der Waals surface area (Å²) in [6.45, 7) is 3.99. The van der Waals surface area contributed by atoms with Gasteiger partial charge in [-0.3, -0.25) is 9.69 Å². The number of aryl methyl sites for hydroxylation is 1. The zero-order chi connectivity index (χ0) is 16.6. The third kappa shape index (κ3) is 2.79. The molecule has 3 rings (SSSR count). The van der Waals surface area contributed by atoms with Crippen LogP contribution in [0.4, 0.5) is 5.69 Å². The largest absolute Gasteiger partial charge is 0.478 e. The molecule has 120 valence electrons. The number of rotatable bonds is 4. The molecular weight excluding hydrogens is 298 g/mol. The van der Waals surface area contributed by atoms with Gasteiger partial charge in [-0.1, -0.05) is 13.0 Å². The summed E-state index contributed by atoms with van der Waals surface area (Å²) in [5.74, 6) is -0.365. The molecule has 0 saturated carbocycles. The van der Waals surface area contributed by atoms with Gasteiger partial charge in [0.25, 0.3) is 5.91 Å². The van der Waals surface area contributed by atoms with Gasteiger partial charge in [0.1, 0.15) is 11.5 Å². The van der Waals surface area contributed by atoms with Crippen LogP contribution in [0.25, 0.3) is 0 Å². The number of carboxylic acids is 1. The van der Waals surface area contributed by atoms with Crippen LogP contribution in [0.3, 0.4) is 0 Å². The van der Waals surface area contributed by atoms with Crippen molar-refractivity contribution in [1.82, 2.24) is 0 Å². The van der Waals surface area contributed by atoms with Crippen molar-refractivity contribution in [2.75, 3.05) is 4.90 Å². The Hall–Kier alpha value is -2.76. The standard InChI is InChI=1S/C17H17NO5/c1-3-13-16(19)18(9-11-5-7-15(22-11)17(20)21)12-8-10(2)4-6-14(12)23-13/h4-8,13H,3,9H2,1-2H3,(H,20,21). The SMILES string of the molecule is CCC1Oc2ccc(C)cc2N(Cc2ccc(C(=O)O)o2)C1=O. The van der Waals surface area contributed by atoms with Crippen LogP contribution < -0.4 is 9.64 Å². The fourth-order valence-corrected chi connectivity index (χ4v) is 2.59. The van der Waals surface area contributed by atoms with E-state index in [4.69, 9.17) is 14.3 Å². The quantitative estimate of drug-likeness (QED) is 0.938. The summed E-state index contributed by atoms with van der Waals surface area (Å²) in [6, 6.07) is 8.60. The highest BCUT2D eigenvalue weighted by Crippen LogP contribution is 2.36. The van der Waals surface area contributed by atoms with Crippen molar-refractivity contribution < 1.29 is 23.8 Å². The van der Waals surface area contributed by atoms with Crippen LogP contribution in [-0.4, -0.2) is 23.1 Å². The van der Waals surface area contributed by atoms with Crippen molar-refractivity contribution in [3.8, 4) is 5.75 Å². The number of aromatic carboxylic acids is 1. The second-order valence-electron chi connectivity index (χ2n) is 5.48. The first-order chi connectivity index (χ1) is 11.0. The normalized spacial score (nSPS) is 16.9. The lowest BCUT2D eigenvalue weighted by Crippen LogP contribution is -2.45. The average Bonchev–Trinajstić information content (AvgIpc) is 2.99. The molecule has 1 atom stereocenters.